The van der Waals surface area contributed by atoms with Crippen LogP contribution in [0.1, 0.15) is 36.5 Å². The zero-order chi connectivity index (χ0) is 18.5. The zero-order valence-electron chi connectivity index (χ0n) is 15.4. The average Bonchev–Trinajstić information content (AvgIpc) is 3.39. The summed E-state index contributed by atoms with van der Waals surface area (Å²) in [6, 6.07) is 5.59. The summed E-state index contributed by atoms with van der Waals surface area (Å²) in [4.78, 5) is 16.3. The Bertz CT molecular complexity index is 866. The molecular weight excluding hydrogens is 384 g/mol. The Kier molecular flexibility index (Phi) is 6.83. The molecule has 3 aromatic heterocycles. The monoisotopic (exact) mass is 406 g/mol. The second-order valence-electron chi connectivity index (χ2n) is 6.50. The summed E-state index contributed by atoms with van der Waals surface area (Å²) in [5, 5.41) is 14.7. The van der Waals surface area contributed by atoms with Crippen molar-refractivity contribution in [1.82, 2.24) is 30.6 Å². The number of carbonyl (C=O) groups excluding carboxylic acids is 1. The van der Waals surface area contributed by atoms with E-state index in [0.29, 0.717) is 43.3 Å². The Balaban J connectivity index is 0.00000225. The van der Waals surface area contributed by atoms with Gasteiger partial charge in [0, 0.05) is 25.9 Å². The van der Waals surface area contributed by atoms with Gasteiger partial charge < -0.3 is 19.6 Å². The summed E-state index contributed by atoms with van der Waals surface area (Å²) in [6.45, 7) is 3.20. The van der Waals surface area contributed by atoms with Crippen molar-refractivity contribution in [3.8, 4) is 11.6 Å². The van der Waals surface area contributed by atoms with Gasteiger partial charge in [0.25, 0.3) is 0 Å². The van der Waals surface area contributed by atoms with Crippen LogP contribution in [0.2, 0.25) is 0 Å². The van der Waals surface area contributed by atoms with Crippen molar-refractivity contribution in [2.75, 3.05) is 6.54 Å². The van der Waals surface area contributed by atoms with Crippen LogP contribution in [0, 0.1) is 0 Å². The lowest BCUT2D eigenvalue weighted by molar-refractivity contribution is -0.121. The lowest BCUT2D eigenvalue weighted by Gasteiger charge is -2.02. The van der Waals surface area contributed by atoms with E-state index in [9.17, 15) is 4.79 Å². The van der Waals surface area contributed by atoms with Crippen molar-refractivity contribution in [3.63, 3.8) is 0 Å². The Morgan fingerprint density at radius 3 is 3.18 bits per heavy atom. The third kappa shape index (κ3) is 4.99. The van der Waals surface area contributed by atoms with E-state index in [2.05, 4.69) is 25.9 Å². The number of hydrogen-bond acceptors (Lipinski definition) is 7. The minimum Gasteiger partial charge on any atom is -0.461 e. The maximum absolute atomic E-state index is 12.1. The van der Waals surface area contributed by atoms with Gasteiger partial charge in [0.1, 0.15) is 0 Å². The Labute approximate surface area is 168 Å². The van der Waals surface area contributed by atoms with E-state index >= 15 is 0 Å². The van der Waals surface area contributed by atoms with E-state index in [0.717, 1.165) is 31.7 Å². The molecule has 1 aliphatic heterocycles. The number of aromatic nitrogens is 4. The summed E-state index contributed by atoms with van der Waals surface area (Å²) < 4.78 is 12.4. The molecule has 1 aliphatic rings. The number of halogens is 1. The van der Waals surface area contributed by atoms with Gasteiger partial charge in [-0.2, -0.15) is 10.1 Å². The summed E-state index contributed by atoms with van der Waals surface area (Å²) in [5.74, 6) is 1.48. The highest BCUT2D eigenvalue weighted by molar-refractivity contribution is 5.85. The standard InChI is InChI=1S/C18H22N6O3.ClH/c25-16(20-11-13-10-14-12-19-7-3-8-24(14)22-13)5-1-6-17-21-18(23-27-17)15-4-2-9-26-15;/h2,4,9-10,19H,1,3,5-8,11-12H2,(H,20,25);1H. The molecule has 150 valence electrons. The van der Waals surface area contributed by atoms with Gasteiger partial charge in [0.2, 0.25) is 17.6 Å². The first kappa shape index (κ1) is 20.1. The van der Waals surface area contributed by atoms with Crippen molar-refractivity contribution >= 4 is 18.3 Å². The first-order valence-corrected chi connectivity index (χ1v) is 9.17. The Hall–Kier alpha value is -2.65. The second kappa shape index (κ2) is 9.52. The molecule has 0 saturated heterocycles. The van der Waals surface area contributed by atoms with Crippen LogP contribution in [0.4, 0.5) is 0 Å². The number of rotatable bonds is 7. The SMILES string of the molecule is Cl.O=C(CCCc1nc(-c2ccco2)no1)NCc1cc2n(n1)CCCNC2. The van der Waals surface area contributed by atoms with Crippen LogP contribution in [0.5, 0.6) is 0 Å². The van der Waals surface area contributed by atoms with Gasteiger partial charge in [-0.1, -0.05) is 5.16 Å². The second-order valence-corrected chi connectivity index (χ2v) is 6.50. The van der Waals surface area contributed by atoms with Crippen LogP contribution < -0.4 is 10.6 Å². The molecule has 9 nitrogen and oxygen atoms in total. The lowest BCUT2D eigenvalue weighted by atomic mass is 10.2. The number of hydrogen-bond donors (Lipinski definition) is 2. The first-order valence-electron chi connectivity index (χ1n) is 9.17. The van der Waals surface area contributed by atoms with Crippen molar-refractivity contribution in [1.29, 1.82) is 0 Å². The molecule has 0 radical (unpaired) electrons. The fraction of sp³-hybridized carbons (Fsp3) is 0.444. The molecule has 3 aromatic rings. The molecule has 2 N–H and O–H groups in total. The molecule has 0 bridgehead atoms. The van der Waals surface area contributed by atoms with Gasteiger partial charge in [0.05, 0.1) is 24.2 Å². The third-order valence-corrected chi connectivity index (χ3v) is 4.41. The fourth-order valence-corrected chi connectivity index (χ4v) is 3.05. The predicted molar refractivity (Wildman–Crippen MR) is 103 cm³/mol. The topological polar surface area (TPSA) is 111 Å². The van der Waals surface area contributed by atoms with Crippen LogP contribution in [0.25, 0.3) is 11.6 Å². The van der Waals surface area contributed by atoms with E-state index in [1.165, 1.54) is 5.69 Å². The van der Waals surface area contributed by atoms with Gasteiger partial charge in [-0.25, -0.2) is 0 Å². The van der Waals surface area contributed by atoms with Gasteiger partial charge in [0.15, 0.2) is 5.76 Å². The Morgan fingerprint density at radius 1 is 1.39 bits per heavy atom. The molecule has 0 unspecified atom stereocenters. The number of fused-ring (bicyclic) bond motifs is 1. The van der Waals surface area contributed by atoms with Crippen LogP contribution >= 0.6 is 12.4 Å². The molecule has 0 atom stereocenters. The summed E-state index contributed by atoms with van der Waals surface area (Å²) in [5.41, 5.74) is 2.06. The molecule has 1 amide bonds. The Morgan fingerprint density at radius 2 is 2.32 bits per heavy atom. The van der Waals surface area contributed by atoms with E-state index in [-0.39, 0.29) is 18.3 Å². The lowest BCUT2D eigenvalue weighted by Crippen LogP contribution is -2.23. The molecule has 28 heavy (non-hydrogen) atoms. The highest BCUT2D eigenvalue weighted by Gasteiger charge is 2.13. The van der Waals surface area contributed by atoms with E-state index in [1.807, 2.05) is 10.7 Å². The van der Waals surface area contributed by atoms with Crippen LogP contribution in [-0.2, 0) is 30.8 Å². The number of nitrogens with zero attached hydrogens (tertiary/aromatic N) is 4. The number of amides is 1. The van der Waals surface area contributed by atoms with E-state index in [1.54, 1.807) is 18.4 Å². The minimum absolute atomic E-state index is 0. The number of furan rings is 1. The smallest absolute Gasteiger partial charge is 0.238 e. The summed E-state index contributed by atoms with van der Waals surface area (Å²) in [6.07, 6.45) is 4.20. The quantitative estimate of drug-likeness (QED) is 0.617. The molecular formula is C18H23ClN6O3. The number of carbonyl (C=O) groups is 1. The highest BCUT2D eigenvalue weighted by Crippen LogP contribution is 2.16. The van der Waals surface area contributed by atoms with Gasteiger partial charge >= 0.3 is 0 Å². The molecule has 4 heterocycles. The molecule has 0 aliphatic carbocycles. The number of aryl methyl sites for hydroxylation is 2. The van der Waals surface area contributed by atoms with Crippen molar-refractivity contribution in [2.45, 2.75) is 45.3 Å². The normalized spacial score (nSPS) is 13.4. The summed E-state index contributed by atoms with van der Waals surface area (Å²) >= 11 is 0. The molecule has 0 fully saturated rings. The number of nitrogens with one attached hydrogen (secondary N) is 2. The molecule has 4 rings (SSSR count). The maximum atomic E-state index is 12.1. The predicted octanol–water partition coefficient (Wildman–Crippen LogP) is 2.08. The van der Waals surface area contributed by atoms with E-state index < -0.39 is 0 Å². The highest BCUT2D eigenvalue weighted by atomic mass is 35.5. The maximum Gasteiger partial charge on any atom is 0.238 e. The third-order valence-electron chi connectivity index (χ3n) is 4.41. The molecule has 0 aromatic carbocycles. The minimum atomic E-state index is -0.0120. The molecule has 0 saturated carbocycles. The largest absolute Gasteiger partial charge is 0.461 e. The zero-order valence-corrected chi connectivity index (χ0v) is 16.2. The van der Waals surface area contributed by atoms with Gasteiger partial charge in [-0.05, 0) is 37.6 Å². The summed E-state index contributed by atoms with van der Waals surface area (Å²) in [7, 11) is 0. The van der Waals surface area contributed by atoms with E-state index in [4.69, 9.17) is 8.94 Å². The van der Waals surface area contributed by atoms with Crippen LogP contribution in [-0.4, -0.2) is 32.4 Å². The van der Waals surface area contributed by atoms with Crippen LogP contribution in [0.3, 0.4) is 0 Å². The van der Waals surface area contributed by atoms with Gasteiger partial charge in [-0.15, -0.1) is 12.4 Å². The van der Waals surface area contributed by atoms with Gasteiger partial charge in [-0.3, -0.25) is 9.48 Å². The average molecular weight is 407 g/mol. The first-order chi connectivity index (χ1) is 13.3. The van der Waals surface area contributed by atoms with Crippen molar-refractivity contribution in [3.05, 3.63) is 41.7 Å². The molecule has 10 heteroatoms. The van der Waals surface area contributed by atoms with Crippen LogP contribution in [0.15, 0.2) is 33.4 Å². The molecule has 0 spiro atoms. The van der Waals surface area contributed by atoms with Crippen molar-refractivity contribution in [2.24, 2.45) is 0 Å². The van der Waals surface area contributed by atoms with Crippen molar-refractivity contribution < 1.29 is 13.7 Å². The fourth-order valence-electron chi connectivity index (χ4n) is 3.05.